The van der Waals surface area contributed by atoms with Gasteiger partial charge in [0.15, 0.2) is 0 Å². The summed E-state index contributed by atoms with van der Waals surface area (Å²) in [6.45, 7) is 4.32. The molecular formula is C13H22O3. The predicted octanol–water partition coefficient (Wildman–Crippen LogP) is 1.98. The number of aliphatic hydroxyl groups is 1. The fourth-order valence-electron chi connectivity index (χ4n) is 3.86. The van der Waals surface area contributed by atoms with Crippen LogP contribution < -0.4 is 0 Å². The summed E-state index contributed by atoms with van der Waals surface area (Å²) >= 11 is 0. The molecule has 0 saturated heterocycles. The molecule has 2 fully saturated rings. The zero-order valence-electron chi connectivity index (χ0n) is 10.4. The lowest BCUT2D eigenvalue weighted by Crippen LogP contribution is -2.45. The molecule has 0 heterocycles. The van der Waals surface area contributed by atoms with Gasteiger partial charge in [0.2, 0.25) is 0 Å². The first-order valence-electron chi connectivity index (χ1n) is 6.25. The number of fused-ring (bicyclic) bond motifs is 1. The number of carbonyl (C=O) groups is 1. The van der Waals surface area contributed by atoms with Crippen molar-refractivity contribution in [3.8, 4) is 0 Å². The van der Waals surface area contributed by atoms with Crippen molar-refractivity contribution >= 4 is 5.97 Å². The van der Waals surface area contributed by atoms with Crippen LogP contribution in [0.1, 0.15) is 39.5 Å². The lowest BCUT2D eigenvalue weighted by atomic mass is 9.60. The third-order valence-corrected chi connectivity index (χ3v) is 4.87. The van der Waals surface area contributed by atoms with Crippen LogP contribution in [0.4, 0.5) is 0 Å². The lowest BCUT2D eigenvalue weighted by molar-refractivity contribution is -0.157. The fraction of sp³-hybridized carbons (Fsp3) is 0.923. The average molecular weight is 226 g/mol. The SMILES string of the molecule is COC(=O)[C@H]1[C@@H]2[C@@H](O)CC[C@]2(C)CC[C@H]1C. The van der Waals surface area contributed by atoms with E-state index in [9.17, 15) is 9.90 Å². The van der Waals surface area contributed by atoms with Crippen molar-refractivity contribution in [2.75, 3.05) is 7.11 Å². The Morgan fingerprint density at radius 3 is 2.62 bits per heavy atom. The fourth-order valence-corrected chi connectivity index (χ4v) is 3.86. The Bertz CT molecular complexity index is 289. The third kappa shape index (κ3) is 1.65. The van der Waals surface area contributed by atoms with E-state index in [0.29, 0.717) is 5.92 Å². The Hall–Kier alpha value is -0.570. The molecule has 2 aliphatic carbocycles. The molecule has 92 valence electrons. The summed E-state index contributed by atoms with van der Waals surface area (Å²) in [4.78, 5) is 11.9. The molecule has 0 spiro atoms. The number of carbonyl (C=O) groups excluding carboxylic acids is 1. The van der Waals surface area contributed by atoms with Gasteiger partial charge in [0.1, 0.15) is 0 Å². The van der Waals surface area contributed by atoms with Gasteiger partial charge in [-0.3, -0.25) is 4.79 Å². The highest BCUT2D eigenvalue weighted by Gasteiger charge is 2.54. The number of aliphatic hydroxyl groups excluding tert-OH is 1. The van der Waals surface area contributed by atoms with E-state index >= 15 is 0 Å². The van der Waals surface area contributed by atoms with E-state index in [1.807, 2.05) is 0 Å². The van der Waals surface area contributed by atoms with Crippen LogP contribution in [0.5, 0.6) is 0 Å². The lowest BCUT2D eigenvalue weighted by Gasteiger charge is -2.44. The van der Waals surface area contributed by atoms with Crippen molar-refractivity contribution in [1.82, 2.24) is 0 Å². The first-order valence-corrected chi connectivity index (χ1v) is 6.25. The molecule has 3 nitrogen and oxygen atoms in total. The maximum atomic E-state index is 11.9. The van der Waals surface area contributed by atoms with E-state index in [1.54, 1.807) is 0 Å². The molecular weight excluding hydrogens is 204 g/mol. The zero-order valence-corrected chi connectivity index (χ0v) is 10.4. The van der Waals surface area contributed by atoms with Gasteiger partial charge in [-0.2, -0.15) is 0 Å². The highest BCUT2D eigenvalue weighted by molar-refractivity contribution is 5.73. The first kappa shape index (κ1) is 11.9. The average Bonchev–Trinajstić information content (AvgIpc) is 2.56. The summed E-state index contributed by atoms with van der Waals surface area (Å²) in [5.74, 6) is 0.188. The van der Waals surface area contributed by atoms with E-state index < -0.39 is 0 Å². The molecule has 0 aliphatic heterocycles. The topological polar surface area (TPSA) is 46.5 Å². The summed E-state index contributed by atoms with van der Waals surface area (Å²) in [7, 11) is 1.45. The Morgan fingerprint density at radius 2 is 2.00 bits per heavy atom. The van der Waals surface area contributed by atoms with Gasteiger partial charge in [-0.15, -0.1) is 0 Å². The molecule has 2 aliphatic rings. The van der Waals surface area contributed by atoms with Crippen LogP contribution in [-0.4, -0.2) is 24.3 Å². The molecule has 3 heteroatoms. The second-order valence-corrected chi connectivity index (χ2v) is 5.85. The Morgan fingerprint density at radius 1 is 1.38 bits per heavy atom. The molecule has 0 bridgehead atoms. The van der Waals surface area contributed by atoms with E-state index in [-0.39, 0.29) is 29.3 Å². The van der Waals surface area contributed by atoms with Crippen molar-refractivity contribution in [3.63, 3.8) is 0 Å². The van der Waals surface area contributed by atoms with Crippen LogP contribution in [0.2, 0.25) is 0 Å². The van der Waals surface area contributed by atoms with Crippen molar-refractivity contribution < 1.29 is 14.6 Å². The molecule has 2 saturated carbocycles. The molecule has 2 rings (SSSR count). The Balaban J connectivity index is 2.29. The van der Waals surface area contributed by atoms with Crippen molar-refractivity contribution in [2.45, 2.75) is 45.6 Å². The quantitative estimate of drug-likeness (QED) is 0.695. The number of ether oxygens (including phenoxy) is 1. The second kappa shape index (κ2) is 4.02. The van der Waals surface area contributed by atoms with Crippen LogP contribution >= 0.6 is 0 Å². The van der Waals surface area contributed by atoms with E-state index in [1.165, 1.54) is 7.11 Å². The van der Waals surface area contributed by atoms with Gasteiger partial charge < -0.3 is 9.84 Å². The van der Waals surface area contributed by atoms with Crippen LogP contribution in [-0.2, 0) is 9.53 Å². The normalized spacial score (nSPS) is 47.5. The zero-order chi connectivity index (χ0) is 11.9. The molecule has 0 aromatic carbocycles. The van der Waals surface area contributed by atoms with Gasteiger partial charge in [-0.05, 0) is 37.0 Å². The monoisotopic (exact) mass is 226 g/mol. The highest BCUT2D eigenvalue weighted by atomic mass is 16.5. The van der Waals surface area contributed by atoms with Gasteiger partial charge >= 0.3 is 5.97 Å². The molecule has 5 atom stereocenters. The summed E-state index contributed by atoms with van der Waals surface area (Å²) in [6.07, 6.45) is 3.75. The highest BCUT2D eigenvalue weighted by Crippen LogP contribution is 2.56. The smallest absolute Gasteiger partial charge is 0.309 e. The number of esters is 1. The summed E-state index contributed by atoms with van der Waals surface area (Å²) in [5, 5.41) is 10.1. The van der Waals surface area contributed by atoms with Gasteiger partial charge in [-0.25, -0.2) is 0 Å². The second-order valence-electron chi connectivity index (χ2n) is 5.85. The number of rotatable bonds is 1. The molecule has 0 unspecified atom stereocenters. The van der Waals surface area contributed by atoms with E-state index in [4.69, 9.17) is 4.74 Å². The van der Waals surface area contributed by atoms with Crippen LogP contribution in [0.25, 0.3) is 0 Å². The van der Waals surface area contributed by atoms with Crippen LogP contribution in [0.3, 0.4) is 0 Å². The molecule has 0 aromatic rings. The van der Waals surface area contributed by atoms with E-state index in [2.05, 4.69) is 13.8 Å². The van der Waals surface area contributed by atoms with Crippen LogP contribution in [0.15, 0.2) is 0 Å². The van der Waals surface area contributed by atoms with Crippen molar-refractivity contribution in [3.05, 3.63) is 0 Å². The summed E-state index contributed by atoms with van der Waals surface area (Å²) in [5.41, 5.74) is 0.144. The Kier molecular flexibility index (Phi) is 2.99. The molecule has 0 radical (unpaired) electrons. The first-order chi connectivity index (χ1) is 7.49. The minimum Gasteiger partial charge on any atom is -0.469 e. The summed E-state index contributed by atoms with van der Waals surface area (Å²) in [6, 6.07) is 0. The minimum absolute atomic E-state index is 0.101. The number of hydrogen-bond donors (Lipinski definition) is 1. The standard InChI is InChI=1S/C13H22O3/c1-8-4-6-13(2)7-5-9(14)11(13)10(8)12(15)16-3/h8-11,14H,4-7H2,1-3H3/t8-,9+,10-,11+,13+/m1/s1. The molecule has 16 heavy (non-hydrogen) atoms. The van der Waals surface area contributed by atoms with Crippen LogP contribution in [0, 0.1) is 23.2 Å². The number of methoxy groups -OCH3 is 1. The minimum atomic E-state index is -0.322. The molecule has 0 aromatic heterocycles. The molecule has 0 amide bonds. The maximum Gasteiger partial charge on any atom is 0.309 e. The predicted molar refractivity (Wildman–Crippen MR) is 60.7 cm³/mol. The Labute approximate surface area is 97.2 Å². The third-order valence-electron chi connectivity index (χ3n) is 4.87. The largest absolute Gasteiger partial charge is 0.469 e. The van der Waals surface area contributed by atoms with Gasteiger partial charge in [-0.1, -0.05) is 13.8 Å². The number of hydrogen-bond acceptors (Lipinski definition) is 3. The van der Waals surface area contributed by atoms with Gasteiger partial charge in [0.05, 0.1) is 19.1 Å². The summed E-state index contributed by atoms with van der Waals surface area (Å²) < 4.78 is 4.91. The van der Waals surface area contributed by atoms with Gasteiger partial charge in [0.25, 0.3) is 0 Å². The van der Waals surface area contributed by atoms with E-state index in [0.717, 1.165) is 25.7 Å². The molecule has 1 N–H and O–H groups in total. The maximum absolute atomic E-state index is 11.9. The van der Waals surface area contributed by atoms with Crippen molar-refractivity contribution in [1.29, 1.82) is 0 Å². The van der Waals surface area contributed by atoms with Crippen molar-refractivity contribution in [2.24, 2.45) is 23.2 Å². The van der Waals surface area contributed by atoms with Gasteiger partial charge in [0, 0.05) is 5.92 Å².